The maximum absolute atomic E-state index is 6.07. The van der Waals surface area contributed by atoms with Crippen molar-refractivity contribution in [3.05, 3.63) is 59.9 Å². The van der Waals surface area contributed by atoms with Gasteiger partial charge in [-0.2, -0.15) is 0 Å². The molecule has 1 N–H and O–H groups in total. The van der Waals surface area contributed by atoms with E-state index in [0.29, 0.717) is 12.5 Å². The van der Waals surface area contributed by atoms with Gasteiger partial charge >= 0.3 is 0 Å². The number of anilines is 1. The summed E-state index contributed by atoms with van der Waals surface area (Å²) >= 11 is 0. The topological polar surface area (TPSA) is 43.6 Å². The standard InChI is InChI=1S/C25H29NO3/c1-25(2)16-19(12-13-28-25)17-27-22-11-7-20-14-23(29-24(20)15-22)10-6-18-4-8-21(26-3)9-5-18/h4-11,14-15,19,26H,12-13,16-17H2,1-3H3. The number of hydrogen-bond acceptors (Lipinski definition) is 4. The minimum Gasteiger partial charge on any atom is -0.493 e. The van der Waals surface area contributed by atoms with E-state index in [9.17, 15) is 0 Å². The predicted molar refractivity (Wildman–Crippen MR) is 119 cm³/mol. The van der Waals surface area contributed by atoms with Crippen LogP contribution in [0.4, 0.5) is 5.69 Å². The Morgan fingerprint density at radius 2 is 1.93 bits per heavy atom. The molecule has 2 heterocycles. The second-order valence-corrected chi connectivity index (χ2v) is 8.33. The summed E-state index contributed by atoms with van der Waals surface area (Å²) < 4.78 is 17.9. The highest BCUT2D eigenvalue weighted by molar-refractivity contribution is 5.83. The predicted octanol–water partition coefficient (Wildman–Crippen LogP) is 6.23. The number of hydrogen-bond donors (Lipinski definition) is 1. The van der Waals surface area contributed by atoms with Crippen molar-refractivity contribution in [2.24, 2.45) is 5.92 Å². The van der Waals surface area contributed by atoms with Gasteiger partial charge in [-0.1, -0.05) is 18.2 Å². The van der Waals surface area contributed by atoms with E-state index in [4.69, 9.17) is 13.9 Å². The van der Waals surface area contributed by atoms with Crippen LogP contribution in [0, 0.1) is 5.92 Å². The Hall–Kier alpha value is -2.72. The van der Waals surface area contributed by atoms with Crippen molar-refractivity contribution in [3.8, 4) is 5.75 Å². The fourth-order valence-electron chi connectivity index (χ4n) is 3.86. The molecule has 1 aliphatic heterocycles. The Bertz CT molecular complexity index is 985. The quantitative estimate of drug-likeness (QED) is 0.541. The molecule has 4 rings (SSSR count). The molecule has 0 spiro atoms. The zero-order valence-electron chi connectivity index (χ0n) is 17.4. The molecule has 1 fully saturated rings. The zero-order valence-corrected chi connectivity index (χ0v) is 17.4. The van der Waals surface area contributed by atoms with Gasteiger partial charge in [0.15, 0.2) is 0 Å². The Morgan fingerprint density at radius 1 is 1.10 bits per heavy atom. The monoisotopic (exact) mass is 391 g/mol. The average Bonchev–Trinajstić information content (AvgIpc) is 3.12. The highest BCUT2D eigenvalue weighted by Gasteiger charge is 2.29. The summed E-state index contributed by atoms with van der Waals surface area (Å²) in [5, 5.41) is 4.20. The Morgan fingerprint density at radius 3 is 2.69 bits per heavy atom. The molecule has 152 valence electrons. The third-order valence-electron chi connectivity index (χ3n) is 5.43. The van der Waals surface area contributed by atoms with Gasteiger partial charge in [0.25, 0.3) is 0 Å². The molecule has 1 atom stereocenters. The van der Waals surface area contributed by atoms with Crippen LogP contribution >= 0.6 is 0 Å². The lowest BCUT2D eigenvalue weighted by molar-refractivity contribution is -0.0785. The number of furan rings is 1. The molecule has 1 aromatic heterocycles. The molecule has 0 amide bonds. The third-order valence-corrected chi connectivity index (χ3v) is 5.43. The Balaban J connectivity index is 1.41. The molecule has 0 bridgehead atoms. The summed E-state index contributed by atoms with van der Waals surface area (Å²) in [6, 6.07) is 16.4. The molecule has 4 heteroatoms. The van der Waals surface area contributed by atoms with Gasteiger partial charge in [0.1, 0.15) is 17.1 Å². The summed E-state index contributed by atoms with van der Waals surface area (Å²) in [6.45, 7) is 5.83. The maximum Gasteiger partial charge on any atom is 0.138 e. The van der Waals surface area contributed by atoms with Crippen LogP contribution in [0.25, 0.3) is 23.1 Å². The molecule has 0 radical (unpaired) electrons. The van der Waals surface area contributed by atoms with Crippen molar-refractivity contribution >= 4 is 28.8 Å². The van der Waals surface area contributed by atoms with Gasteiger partial charge in [0.05, 0.1) is 12.2 Å². The SMILES string of the molecule is CNc1ccc(C=Cc2cc3ccc(OCC4CCOC(C)(C)C4)cc3o2)cc1. The second kappa shape index (κ2) is 8.34. The van der Waals surface area contributed by atoms with Crippen molar-refractivity contribution in [3.63, 3.8) is 0 Å². The van der Waals surface area contributed by atoms with E-state index < -0.39 is 0 Å². The van der Waals surface area contributed by atoms with E-state index in [2.05, 4.69) is 61.6 Å². The van der Waals surface area contributed by atoms with Crippen molar-refractivity contribution < 1.29 is 13.9 Å². The lowest BCUT2D eigenvalue weighted by Gasteiger charge is -2.35. The molecule has 4 nitrogen and oxygen atoms in total. The van der Waals surface area contributed by atoms with Crippen molar-refractivity contribution in [1.29, 1.82) is 0 Å². The van der Waals surface area contributed by atoms with Crippen LogP contribution in [0.1, 0.15) is 38.0 Å². The van der Waals surface area contributed by atoms with Crippen LogP contribution < -0.4 is 10.1 Å². The van der Waals surface area contributed by atoms with Crippen LogP contribution in [0.3, 0.4) is 0 Å². The van der Waals surface area contributed by atoms with Gasteiger partial charge in [-0.3, -0.25) is 0 Å². The van der Waals surface area contributed by atoms with Crippen molar-refractivity contribution in [1.82, 2.24) is 0 Å². The smallest absolute Gasteiger partial charge is 0.138 e. The first-order valence-electron chi connectivity index (χ1n) is 10.3. The molecule has 1 saturated heterocycles. The molecule has 29 heavy (non-hydrogen) atoms. The normalized spacial score (nSPS) is 18.9. The van der Waals surface area contributed by atoms with Crippen LogP contribution in [-0.4, -0.2) is 25.9 Å². The van der Waals surface area contributed by atoms with E-state index in [0.717, 1.165) is 53.2 Å². The molecule has 1 aliphatic rings. The molecule has 0 aliphatic carbocycles. The van der Waals surface area contributed by atoms with E-state index in [-0.39, 0.29) is 5.60 Å². The number of fused-ring (bicyclic) bond motifs is 1. The van der Waals surface area contributed by atoms with Gasteiger partial charge in [0, 0.05) is 30.8 Å². The lowest BCUT2D eigenvalue weighted by atomic mass is 9.89. The number of rotatable bonds is 6. The average molecular weight is 392 g/mol. The van der Waals surface area contributed by atoms with Crippen molar-refractivity contribution in [2.75, 3.05) is 25.6 Å². The summed E-state index contributed by atoms with van der Waals surface area (Å²) in [5.74, 6) is 2.22. The summed E-state index contributed by atoms with van der Waals surface area (Å²) in [7, 11) is 1.92. The molecular formula is C25H29NO3. The fraction of sp³-hybridized carbons (Fsp3) is 0.360. The molecule has 3 aromatic rings. The number of benzene rings is 2. The van der Waals surface area contributed by atoms with E-state index in [1.54, 1.807) is 0 Å². The van der Waals surface area contributed by atoms with Crippen LogP contribution in [0.15, 0.2) is 52.9 Å². The van der Waals surface area contributed by atoms with E-state index in [1.807, 2.05) is 25.3 Å². The molecule has 1 unspecified atom stereocenters. The maximum atomic E-state index is 6.07. The van der Waals surface area contributed by atoms with Gasteiger partial charge in [-0.05, 0) is 74.6 Å². The summed E-state index contributed by atoms with van der Waals surface area (Å²) in [6.07, 6.45) is 6.14. The summed E-state index contributed by atoms with van der Waals surface area (Å²) in [5.41, 5.74) is 3.03. The van der Waals surface area contributed by atoms with E-state index >= 15 is 0 Å². The highest BCUT2D eigenvalue weighted by atomic mass is 16.5. The highest BCUT2D eigenvalue weighted by Crippen LogP contribution is 2.30. The molecular weight excluding hydrogens is 362 g/mol. The van der Waals surface area contributed by atoms with Gasteiger partial charge < -0.3 is 19.2 Å². The van der Waals surface area contributed by atoms with Crippen LogP contribution in [0.2, 0.25) is 0 Å². The summed E-state index contributed by atoms with van der Waals surface area (Å²) in [4.78, 5) is 0. The first-order valence-corrected chi connectivity index (χ1v) is 10.3. The fourth-order valence-corrected chi connectivity index (χ4v) is 3.86. The Labute approximate surface area is 172 Å². The molecule has 0 saturated carbocycles. The van der Waals surface area contributed by atoms with Gasteiger partial charge in [0.2, 0.25) is 0 Å². The first kappa shape index (κ1) is 19.6. The van der Waals surface area contributed by atoms with E-state index in [1.165, 1.54) is 0 Å². The van der Waals surface area contributed by atoms with Gasteiger partial charge in [-0.25, -0.2) is 0 Å². The number of ether oxygens (including phenoxy) is 2. The zero-order chi connectivity index (χ0) is 20.3. The second-order valence-electron chi connectivity index (χ2n) is 8.33. The largest absolute Gasteiger partial charge is 0.493 e. The van der Waals surface area contributed by atoms with Crippen molar-refractivity contribution in [2.45, 2.75) is 32.3 Å². The first-order chi connectivity index (χ1) is 14.0. The lowest BCUT2D eigenvalue weighted by Crippen LogP contribution is -2.36. The minimum atomic E-state index is -0.0498. The van der Waals surface area contributed by atoms with Crippen LogP contribution in [-0.2, 0) is 4.74 Å². The number of nitrogens with one attached hydrogen (secondary N) is 1. The Kier molecular flexibility index (Phi) is 5.63. The van der Waals surface area contributed by atoms with Gasteiger partial charge in [-0.15, -0.1) is 0 Å². The molecule has 2 aromatic carbocycles. The minimum absolute atomic E-state index is 0.0498. The van der Waals surface area contributed by atoms with Crippen LogP contribution in [0.5, 0.6) is 5.75 Å². The third kappa shape index (κ3) is 5.01.